The molecule has 2 nitrogen and oxygen atoms in total. The molecule has 0 aliphatic rings. The number of benzene rings is 7. The van der Waals surface area contributed by atoms with Gasteiger partial charge in [0.1, 0.15) is 11.5 Å². The van der Waals surface area contributed by atoms with Crippen molar-refractivity contribution >= 4 is 6.08 Å². The molecule has 0 saturated carbocycles. The highest BCUT2D eigenvalue weighted by Gasteiger charge is 2.41. The minimum Gasteiger partial charge on any atom is -0.473 e. The quantitative estimate of drug-likeness (QED) is 0.134. The van der Waals surface area contributed by atoms with Crippen molar-refractivity contribution < 1.29 is 9.47 Å². The summed E-state index contributed by atoms with van der Waals surface area (Å²) in [7, 11) is 0. The minimum absolute atomic E-state index is 0.655. The molecular weight excluding hydrogens is 585 g/mol. The van der Waals surface area contributed by atoms with Crippen LogP contribution in [0.25, 0.3) is 6.08 Å². The fourth-order valence-electron chi connectivity index (χ4n) is 6.57. The first-order valence-corrected chi connectivity index (χ1v) is 16.2. The van der Waals surface area contributed by atoms with E-state index in [2.05, 4.69) is 152 Å². The zero-order valence-electron chi connectivity index (χ0n) is 26.7. The van der Waals surface area contributed by atoms with E-state index in [1.165, 1.54) is 0 Å². The Morgan fingerprint density at radius 2 is 0.562 bits per heavy atom. The largest absolute Gasteiger partial charge is 0.473 e. The maximum absolute atomic E-state index is 7.35. The van der Waals surface area contributed by atoms with Gasteiger partial charge >= 0.3 is 0 Å². The van der Waals surface area contributed by atoms with Crippen LogP contribution in [0.15, 0.2) is 207 Å². The van der Waals surface area contributed by atoms with E-state index in [4.69, 9.17) is 9.47 Å². The van der Waals surface area contributed by atoms with Crippen molar-refractivity contribution in [3.63, 3.8) is 0 Å². The van der Waals surface area contributed by atoms with Crippen LogP contribution in [0.4, 0.5) is 0 Å². The van der Waals surface area contributed by atoms with Crippen molar-refractivity contribution in [2.75, 3.05) is 0 Å². The molecule has 0 atom stereocenters. The molecule has 0 amide bonds. The highest BCUT2D eigenvalue weighted by Crippen LogP contribution is 2.45. The predicted octanol–water partition coefficient (Wildman–Crippen LogP) is 11.1. The van der Waals surface area contributed by atoms with Gasteiger partial charge in [0.15, 0.2) is 11.2 Å². The fraction of sp³-hybridized carbons (Fsp3) is 0.0435. The minimum atomic E-state index is -0.948. The second kappa shape index (κ2) is 13.7. The SMILES string of the molecule is C=Cc1cc(OC(c2ccccc2)(c2ccccc2)c2ccccc2)cc(OC(c2ccccc2)(c2ccccc2)c2ccccc2)c1. The molecule has 48 heavy (non-hydrogen) atoms. The van der Waals surface area contributed by atoms with Crippen molar-refractivity contribution in [2.24, 2.45) is 0 Å². The molecule has 0 radical (unpaired) electrons. The molecule has 7 rings (SSSR count). The van der Waals surface area contributed by atoms with Crippen LogP contribution in [0.3, 0.4) is 0 Å². The van der Waals surface area contributed by atoms with Gasteiger partial charge in [0, 0.05) is 39.4 Å². The lowest BCUT2D eigenvalue weighted by molar-refractivity contribution is 0.144. The molecule has 0 aliphatic heterocycles. The van der Waals surface area contributed by atoms with Crippen LogP contribution in [0, 0.1) is 0 Å². The van der Waals surface area contributed by atoms with E-state index in [1.807, 2.05) is 60.7 Å². The van der Waals surface area contributed by atoms with Gasteiger partial charge in [-0.1, -0.05) is 195 Å². The van der Waals surface area contributed by atoms with Crippen LogP contribution in [0.5, 0.6) is 11.5 Å². The third-order valence-corrected chi connectivity index (χ3v) is 8.76. The zero-order valence-corrected chi connectivity index (χ0v) is 26.7. The van der Waals surface area contributed by atoms with Gasteiger partial charge in [0.05, 0.1) is 0 Å². The summed E-state index contributed by atoms with van der Waals surface area (Å²) in [6.45, 7) is 4.14. The Kier molecular flexibility index (Phi) is 8.72. The summed E-state index contributed by atoms with van der Waals surface area (Å²) in [5.41, 5.74) is 5.08. The summed E-state index contributed by atoms with van der Waals surface area (Å²) in [6, 6.07) is 68.4. The molecule has 0 heterocycles. The normalized spacial score (nSPS) is 11.4. The lowest BCUT2D eigenvalue weighted by Crippen LogP contribution is -2.37. The number of hydrogen-bond donors (Lipinski definition) is 0. The average molecular weight is 621 g/mol. The van der Waals surface area contributed by atoms with Gasteiger partial charge in [-0.25, -0.2) is 0 Å². The van der Waals surface area contributed by atoms with Gasteiger partial charge in [0.25, 0.3) is 0 Å². The molecule has 7 aromatic carbocycles. The van der Waals surface area contributed by atoms with Crippen LogP contribution in [0.1, 0.15) is 38.9 Å². The first-order valence-electron chi connectivity index (χ1n) is 16.2. The number of hydrogen-bond acceptors (Lipinski definition) is 2. The topological polar surface area (TPSA) is 18.5 Å². The maximum Gasteiger partial charge on any atom is 0.184 e. The third-order valence-electron chi connectivity index (χ3n) is 8.76. The zero-order chi connectivity index (χ0) is 32.7. The monoisotopic (exact) mass is 620 g/mol. The molecule has 0 saturated heterocycles. The Hall–Kier alpha value is -6.12. The Bertz CT molecular complexity index is 1720. The molecule has 2 heteroatoms. The van der Waals surface area contributed by atoms with Crippen molar-refractivity contribution in [2.45, 2.75) is 11.2 Å². The molecule has 0 fully saturated rings. The van der Waals surface area contributed by atoms with E-state index in [0.29, 0.717) is 11.5 Å². The first kappa shape index (κ1) is 30.5. The van der Waals surface area contributed by atoms with Crippen molar-refractivity contribution in [3.8, 4) is 11.5 Å². The Labute approximate surface area is 283 Å². The third kappa shape index (κ3) is 5.81. The summed E-state index contributed by atoms with van der Waals surface area (Å²) >= 11 is 0. The van der Waals surface area contributed by atoms with E-state index in [0.717, 1.165) is 38.9 Å². The number of ether oxygens (including phenoxy) is 2. The van der Waals surface area contributed by atoms with E-state index in [1.54, 1.807) is 0 Å². The van der Waals surface area contributed by atoms with E-state index >= 15 is 0 Å². The highest BCUT2D eigenvalue weighted by atomic mass is 16.5. The van der Waals surface area contributed by atoms with Gasteiger partial charge in [-0.3, -0.25) is 0 Å². The highest BCUT2D eigenvalue weighted by molar-refractivity contribution is 5.57. The molecule has 0 unspecified atom stereocenters. The fourth-order valence-corrected chi connectivity index (χ4v) is 6.57. The van der Waals surface area contributed by atoms with Gasteiger partial charge in [-0.2, -0.15) is 0 Å². The number of rotatable bonds is 11. The summed E-state index contributed by atoms with van der Waals surface area (Å²) < 4.78 is 14.7. The summed E-state index contributed by atoms with van der Waals surface area (Å²) in [4.78, 5) is 0. The van der Waals surface area contributed by atoms with Gasteiger partial charge < -0.3 is 9.47 Å². The molecule has 0 aliphatic carbocycles. The van der Waals surface area contributed by atoms with Crippen LogP contribution in [0.2, 0.25) is 0 Å². The first-order chi connectivity index (χ1) is 23.7. The summed E-state index contributed by atoms with van der Waals surface area (Å²) in [5.74, 6) is 1.31. The molecule has 0 aromatic heterocycles. The maximum atomic E-state index is 7.35. The Morgan fingerprint density at radius 1 is 0.333 bits per heavy atom. The van der Waals surface area contributed by atoms with Gasteiger partial charge in [-0.15, -0.1) is 0 Å². The standard InChI is InChI=1S/C46H36O2/c1-2-36-33-43(47-45(37-21-9-3-10-22-37,38-23-11-4-12-24-38)39-25-13-5-14-26-39)35-44(34-36)48-46(40-27-15-6-16-28-40,41-29-17-7-18-30-41)42-31-19-8-20-32-42/h2-35H,1H2. The second-order valence-electron chi connectivity index (χ2n) is 11.7. The molecule has 7 aromatic rings. The van der Waals surface area contributed by atoms with Crippen LogP contribution in [-0.4, -0.2) is 0 Å². The summed E-state index contributed by atoms with van der Waals surface area (Å²) in [6.07, 6.45) is 1.84. The summed E-state index contributed by atoms with van der Waals surface area (Å²) in [5, 5.41) is 0. The molecule has 0 N–H and O–H groups in total. The molecule has 0 bridgehead atoms. The van der Waals surface area contributed by atoms with E-state index in [-0.39, 0.29) is 0 Å². The van der Waals surface area contributed by atoms with Crippen molar-refractivity contribution in [3.05, 3.63) is 246 Å². The Morgan fingerprint density at radius 3 is 0.771 bits per heavy atom. The smallest absolute Gasteiger partial charge is 0.184 e. The van der Waals surface area contributed by atoms with Crippen molar-refractivity contribution in [1.29, 1.82) is 0 Å². The van der Waals surface area contributed by atoms with Crippen LogP contribution < -0.4 is 9.47 Å². The van der Waals surface area contributed by atoms with Gasteiger partial charge in [-0.05, 0) is 17.7 Å². The van der Waals surface area contributed by atoms with Crippen molar-refractivity contribution in [1.82, 2.24) is 0 Å². The van der Waals surface area contributed by atoms with E-state index < -0.39 is 11.2 Å². The molecular formula is C46H36O2. The predicted molar refractivity (Wildman–Crippen MR) is 196 cm³/mol. The second-order valence-corrected chi connectivity index (χ2v) is 11.7. The molecule has 232 valence electrons. The van der Waals surface area contributed by atoms with Crippen LogP contribution in [-0.2, 0) is 11.2 Å². The lowest BCUT2D eigenvalue weighted by Gasteiger charge is -2.38. The average Bonchev–Trinajstić information content (AvgIpc) is 3.18. The Balaban J connectivity index is 1.44. The lowest BCUT2D eigenvalue weighted by atomic mass is 9.80. The van der Waals surface area contributed by atoms with Crippen LogP contribution >= 0.6 is 0 Å². The molecule has 0 spiro atoms. The van der Waals surface area contributed by atoms with Gasteiger partial charge in [0.2, 0.25) is 0 Å². The van der Waals surface area contributed by atoms with E-state index in [9.17, 15) is 0 Å².